The van der Waals surface area contributed by atoms with Gasteiger partial charge in [-0.05, 0) is 18.6 Å². The number of ether oxygens (including phenoxy) is 2. The first kappa shape index (κ1) is 14.1. The molecule has 0 saturated heterocycles. The van der Waals surface area contributed by atoms with Gasteiger partial charge in [0, 0.05) is 12.6 Å². The van der Waals surface area contributed by atoms with Crippen molar-refractivity contribution in [2.24, 2.45) is 10.8 Å². The fourth-order valence-corrected chi connectivity index (χ4v) is 1.37. The fraction of sp³-hybridized carbons (Fsp3) is 0.417. The Morgan fingerprint density at radius 3 is 2.67 bits per heavy atom. The van der Waals surface area contributed by atoms with Crippen molar-refractivity contribution in [1.29, 1.82) is 0 Å². The van der Waals surface area contributed by atoms with Gasteiger partial charge >= 0.3 is 0 Å². The lowest BCUT2D eigenvalue weighted by Crippen LogP contribution is -2.36. The average Bonchev–Trinajstić information content (AvgIpc) is 2.43. The smallest absolute Gasteiger partial charge is 0.210 e. The van der Waals surface area contributed by atoms with Crippen LogP contribution in [0.15, 0.2) is 23.2 Å². The Bertz CT molecular complexity index is 407. The van der Waals surface area contributed by atoms with E-state index in [0.717, 1.165) is 17.9 Å². The van der Waals surface area contributed by atoms with E-state index < -0.39 is 0 Å². The maximum absolute atomic E-state index is 5.40. The van der Waals surface area contributed by atoms with E-state index in [4.69, 9.17) is 15.3 Å². The second kappa shape index (κ2) is 7.39. The van der Waals surface area contributed by atoms with Crippen molar-refractivity contribution in [1.82, 2.24) is 5.43 Å². The topological polar surface area (TPSA) is 80.9 Å². The van der Waals surface area contributed by atoms with Crippen LogP contribution in [0.5, 0.6) is 11.5 Å². The maximum Gasteiger partial charge on any atom is 0.210 e. The molecule has 0 atom stereocenters. The van der Waals surface area contributed by atoms with Crippen molar-refractivity contribution in [3.05, 3.63) is 18.2 Å². The summed E-state index contributed by atoms with van der Waals surface area (Å²) in [5.41, 5.74) is 3.29. The van der Waals surface area contributed by atoms with Crippen molar-refractivity contribution >= 4 is 11.6 Å². The van der Waals surface area contributed by atoms with E-state index >= 15 is 0 Å². The number of hydrazine groups is 1. The van der Waals surface area contributed by atoms with E-state index in [0.29, 0.717) is 18.3 Å². The van der Waals surface area contributed by atoms with Crippen LogP contribution in [0.4, 0.5) is 5.69 Å². The zero-order valence-corrected chi connectivity index (χ0v) is 11.0. The molecule has 0 heterocycles. The van der Waals surface area contributed by atoms with Gasteiger partial charge in [0.05, 0.1) is 19.9 Å². The summed E-state index contributed by atoms with van der Waals surface area (Å²) < 4.78 is 10.4. The van der Waals surface area contributed by atoms with Crippen molar-refractivity contribution in [3.63, 3.8) is 0 Å². The predicted molar refractivity (Wildman–Crippen MR) is 73.1 cm³/mol. The number of nitrogens with one attached hydrogen (secondary N) is 2. The molecule has 0 fully saturated rings. The number of aliphatic imine (C=N–C) groups is 1. The second-order valence-electron chi connectivity index (χ2n) is 3.57. The molecule has 1 rings (SSSR count). The van der Waals surface area contributed by atoms with Gasteiger partial charge in [0.15, 0.2) is 0 Å². The van der Waals surface area contributed by atoms with Crippen LogP contribution in [-0.4, -0.2) is 26.7 Å². The molecule has 18 heavy (non-hydrogen) atoms. The maximum atomic E-state index is 5.40. The number of rotatable bonds is 5. The molecular formula is C12H20N4O2. The van der Waals surface area contributed by atoms with E-state index in [1.807, 2.05) is 19.1 Å². The molecule has 100 valence electrons. The SMILES string of the molecule is CCCN=C(NN)Nc1ccc(OC)cc1OC. The summed E-state index contributed by atoms with van der Waals surface area (Å²) in [6.45, 7) is 2.75. The minimum absolute atomic E-state index is 0.500. The zero-order valence-electron chi connectivity index (χ0n) is 11.0. The van der Waals surface area contributed by atoms with Gasteiger partial charge in [0.2, 0.25) is 5.96 Å². The normalized spacial score (nSPS) is 11.0. The third-order valence-corrected chi connectivity index (χ3v) is 2.29. The molecule has 1 aromatic rings. The standard InChI is InChI=1S/C12H20N4O2/c1-4-7-14-12(16-13)15-10-6-5-9(17-2)8-11(10)18-3/h5-6,8H,4,7,13H2,1-3H3,(H2,14,15,16). The van der Waals surface area contributed by atoms with Crippen molar-refractivity contribution in [2.75, 3.05) is 26.1 Å². The third kappa shape index (κ3) is 3.81. The van der Waals surface area contributed by atoms with Gasteiger partial charge in [0.25, 0.3) is 0 Å². The molecule has 4 N–H and O–H groups in total. The van der Waals surface area contributed by atoms with Crippen molar-refractivity contribution in [3.8, 4) is 11.5 Å². The Hall–Kier alpha value is -1.95. The summed E-state index contributed by atoms with van der Waals surface area (Å²) in [4.78, 5) is 4.26. The lowest BCUT2D eigenvalue weighted by molar-refractivity contribution is 0.395. The van der Waals surface area contributed by atoms with Gasteiger partial charge in [-0.3, -0.25) is 10.4 Å². The summed E-state index contributed by atoms with van der Waals surface area (Å²) >= 11 is 0. The van der Waals surface area contributed by atoms with Gasteiger partial charge in [-0.1, -0.05) is 6.92 Å². The van der Waals surface area contributed by atoms with Crippen LogP contribution in [0, 0.1) is 0 Å². The van der Waals surface area contributed by atoms with E-state index in [2.05, 4.69) is 15.7 Å². The Kier molecular flexibility index (Phi) is 5.79. The van der Waals surface area contributed by atoms with Gasteiger partial charge in [-0.25, -0.2) is 5.84 Å². The van der Waals surface area contributed by atoms with Crippen molar-refractivity contribution < 1.29 is 9.47 Å². The molecule has 6 heteroatoms. The Morgan fingerprint density at radius 1 is 1.33 bits per heavy atom. The van der Waals surface area contributed by atoms with Crippen LogP contribution in [0.1, 0.15) is 13.3 Å². The Morgan fingerprint density at radius 2 is 2.11 bits per heavy atom. The molecule has 0 aromatic heterocycles. The van der Waals surface area contributed by atoms with Crippen LogP contribution >= 0.6 is 0 Å². The number of nitrogens with zero attached hydrogens (tertiary/aromatic N) is 1. The number of methoxy groups -OCH3 is 2. The highest BCUT2D eigenvalue weighted by Crippen LogP contribution is 2.28. The molecule has 0 unspecified atom stereocenters. The van der Waals surface area contributed by atoms with Gasteiger partial charge in [-0.15, -0.1) is 0 Å². The highest BCUT2D eigenvalue weighted by atomic mass is 16.5. The molecule has 0 spiro atoms. The number of benzene rings is 1. The number of nitrogens with two attached hydrogens (primary N) is 1. The predicted octanol–water partition coefficient (Wildman–Crippen LogP) is 1.34. The van der Waals surface area contributed by atoms with Crippen LogP contribution in [0.3, 0.4) is 0 Å². The number of guanidine groups is 1. The quantitative estimate of drug-likeness (QED) is 0.319. The summed E-state index contributed by atoms with van der Waals surface area (Å²) in [7, 11) is 3.20. The summed E-state index contributed by atoms with van der Waals surface area (Å²) in [5.74, 6) is 7.29. The van der Waals surface area contributed by atoms with E-state index in [9.17, 15) is 0 Å². The molecular weight excluding hydrogens is 232 g/mol. The minimum atomic E-state index is 0.500. The molecule has 6 nitrogen and oxygen atoms in total. The molecule has 0 aliphatic heterocycles. The highest BCUT2D eigenvalue weighted by Gasteiger charge is 2.06. The van der Waals surface area contributed by atoms with Crippen LogP contribution in [0.25, 0.3) is 0 Å². The molecule has 0 saturated carbocycles. The van der Waals surface area contributed by atoms with Crippen molar-refractivity contribution in [2.45, 2.75) is 13.3 Å². The highest BCUT2D eigenvalue weighted by molar-refractivity contribution is 5.94. The number of anilines is 1. The lowest BCUT2D eigenvalue weighted by atomic mass is 10.2. The number of hydrogen-bond donors (Lipinski definition) is 3. The minimum Gasteiger partial charge on any atom is -0.497 e. The molecule has 0 aliphatic carbocycles. The van der Waals surface area contributed by atoms with Crippen LogP contribution < -0.4 is 26.1 Å². The third-order valence-electron chi connectivity index (χ3n) is 2.29. The first-order chi connectivity index (χ1) is 8.74. The molecule has 0 amide bonds. The zero-order chi connectivity index (χ0) is 13.4. The van der Waals surface area contributed by atoms with Crippen LogP contribution in [0.2, 0.25) is 0 Å². The summed E-state index contributed by atoms with van der Waals surface area (Å²) in [5, 5.41) is 3.07. The number of hydrogen-bond acceptors (Lipinski definition) is 4. The monoisotopic (exact) mass is 252 g/mol. The Labute approximate surface area is 107 Å². The second-order valence-corrected chi connectivity index (χ2v) is 3.57. The van der Waals surface area contributed by atoms with Gasteiger partial charge in [0.1, 0.15) is 11.5 Å². The van der Waals surface area contributed by atoms with E-state index in [1.165, 1.54) is 0 Å². The largest absolute Gasteiger partial charge is 0.497 e. The Balaban J connectivity index is 2.88. The summed E-state index contributed by atoms with van der Waals surface area (Å²) in [6, 6.07) is 5.46. The summed E-state index contributed by atoms with van der Waals surface area (Å²) in [6.07, 6.45) is 0.951. The molecule has 0 radical (unpaired) electrons. The molecule has 0 bridgehead atoms. The molecule has 0 aliphatic rings. The van der Waals surface area contributed by atoms with E-state index in [-0.39, 0.29) is 0 Å². The lowest BCUT2D eigenvalue weighted by Gasteiger charge is -2.13. The van der Waals surface area contributed by atoms with Gasteiger partial charge < -0.3 is 14.8 Å². The average molecular weight is 252 g/mol. The first-order valence-corrected chi connectivity index (χ1v) is 5.75. The van der Waals surface area contributed by atoms with Gasteiger partial charge in [-0.2, -0.15) is 0 Å². The first-order valence-electron chi connectivity index (χ1n) is 5.75. The fourth-order valence-electron chi connectivity index (χ4n) is 1.37. The van der Waals surface area contributed by atoms with E-state index in [1.54, 1.807) is 20.3 Å². The molecule has 1 aromatic carbocycles. The van der Waals surface area contributed by atoms with Crippen LogP contribution in [-0.2, 0) is 0 Å².